The van der Waals surface area contributed by atoms with Crippen LogP contribution in [-0.2, 0) is 40.0 Å². The molecule has 0 heterocycles. The molecule has 15 nitrogen and oxygen atoms in total. The molecule has 0 fully saturated rings. The fraction of sp³-hybridized carbons (Fsp3) is 0.594. The average molecular weight is 695 g/mol. The van der Waals surface area contributed by atoms with Crippen LogP contribution in [0.15, 0.2) is 30.3 Å². The quantitative estimate of drug-likeness (QED) is 0.0902. The van der Waals surface area contributed by atoms with Crippen molar-refractivity contribution < 1.29 is 43.8 Å². The second kappa shape index (κ2) is 20.9. The number of nitrogens with two attached hydrogens (primary N) is 1. The van der Waals surface area contributed by atoms with E-state index in [9.17, 15) is 38.7 Å². The molecule has 5 amide bonds. The molecule has 0 unspecified atom stereocenters. The number of likely N-dealkylation sites (N-methyl/N-ethyl adjacent to an activating group) is 1. The fourth-order valence-electron chi connectivity index (χ4n) is 4.90. The Hall–Kier alpha value is -4.18. The molecule has 0 aliphatic carbocycles. The smallest absolute Gasteiger partial charge is 0.326 e. The summed E-state index contributed by atoms with van der Waals surface area (Å²) in [6.07, 6.45) is 1.62. The summed E-state index contributed by atoms with van der Waals surface area (Å²) in [4.78, 5) is 89.6. The van der Waals surface area contributed by atoms with Crippen LogP contribution in [0, 0.1) is 11.8 Å². The van der Waals surface area contributed by atoms with Gasteiger partial charge in [0.1, 0.15) is 24.2 Å². The summed E-state index contributed by atoms with van der Waals surface area (Å²) >= 11 is 1.44. The largest absolute Gasteiger partial charge is 0.481 e. The lowest BCUT2D eigenvalue weighted by atomic mass is 9.99. The van der Waals surface area contributed by atoms with E-state index in [1.807, 2.05) is 20.1 Å². The van der Waals surface area contributed by atoms with E-state index in [1.54, 1.807) is 44.2 Å². The summed E-state index contributed by atoms with van der Waals surface area (Å²) in [5.74, 6) is -5.95. The van der Waals surface area contributed by atoms with Gasteiger partial charge in [-0.25, -0.2) is 4.79 Å². The van der Waals surface area contributed by atoms with Crippen LogP contribution in [0.4, 0.5) is 0 Å². The number of thioether (sulfide) groups is 1. The van der Waals surface area contributed by atoms with Crippen molar-refractivity contribution in [2.24, 2.45) is 17.6 Å². The summed E-state index contributed by atoms with van der Waals surface area (Å²) in [5.41, 5.74) is 6.42. The zero-order valence-corrected chi connectivity index (χ0v) is 29.2. The number of carbonyl (C=O) groups is 7. The Morgan fingerprint density at radius 3 is 1.98 bits per heavy atom. The van der Waals surface area contributed by atoms with Crippen molar-refractivity contribution in [3.63, 3.8) is 0 Å². The Morgan fingerprint density at radius 2 is 1.46 bits per heavy atom. The molecule has 5 atom stereocenters. The Labute approximate surface area is 285 Å². The zero-order valence-electron chi connectivity index (χ0n) is 28.4. The van der Waals surface area contributed by atoms with Crippen LogP contribution in [-0.4, -0.2) is 112 Å². The first-order chi connectivity index (χ1) is 22.5. The molecule has 1 aromatic rings. The monoisotopic (exact) mass is 694 g/mol. The molecular formula is C32H50N6O9S. The Bertz CT molecular complexity index is 1260. The van der Waals surface area contributed by atoms with Crippen LogP contribution in [0.5, 0.6) is 0 Å². The molecule has 0 aliphatic heterocycles. The predicted octanol–water partition coefficient (Wildman–Crippen LogP) is -0.0315. The number of rotatable bonds is 21. The Morgan fingerprint density at radius 1 is 0.854 bits per heavy atom. The number of nitrogens with one attached hydrogen (secondary N) is 4. The second-order valence-corrected chi connectivity index (χ2v) is 13.2. The van der Waals surface area contributed by atoms with Crippen molar-refractivity contribution >= 4 is 53.2 Å². The molecule has 0 spiro atoms. The van der Waals surface area contributed by atoms with E-state index in [0.717, 1.165) is 4.90 Å². The summed E-state index contributed by atoms with van der Waals surface area (Å²) in [5, 5.41) is 28.6. The van der Waals surface area contributed by atoms with Gasteiger partial charge in [0.05, 0.1) is 19.0 Å². The summed E-state index contributed by atoms with van der Waals surface area (Å²) in [7, 11) is 1.38. The van der Waals surface area contributed by atoms with Crippen molar-refractivity contribution in [1.29, 1.82) is 0 Å². The standard InChI is InChI=1S/C32H50N6O9S/c1-18(2)14-23(29(43)36-22(32(46)47)12-13-48-6)35-25(39)17-34-30(44)27(19(3)4)38(5)31(45)24(15-20-10-8-7-9-11-20)37-28(42)21(33)16-26(40)41/h7-11,18-19,21-24,27H,12-17,33H2,1-6H3,(H,34,44)(H,35,39)(H,36,43)(H,37,42)(H,40,41)(H,46,47)/t21-,22-,23-,24-,27-/m0/s1. The van der Waals surface area contributed by atoms with Gasteiger partial charge in [-0.1, -0.05) is 58.0 Å². The lowest BCUT2D eigenvalue weighted by Gasteiger charge is -2.33. The van der Waals surface area contributed by atoms with Gasteiger partial charge < -0.3 is 42.1 Å². The van der Waals surface area contributed by atoms with Gasteiger partial charge in [0.15, 0.2) is 0 Å². The minimum atomic E-state index is -1.41. The average Bonchev–Trinajstić information content (AvgIpc) is 3.00. The van der Waals surface area contributed by atoms with Gasteiger partial charge in [-0.15, -0.1) is 0 Å². The number of hydrogen-bond acceptors (Lipinski definition) is 9. The first-order valence-electron chi connectivity index (χ1n) is 15.7. The number of hydrogen-bond donors (Lipinski definition) is 7. The van der Waals surface area contributed by atoms with Crippen molar-refractivity contribution in [1.82, 2.24) is 26.2 Å². The highest BCUT2D eigenvalue weighted by molar-refractivity contribution is 7.98. The number of carbonyl (C=O) groups excluding carboxylic acids is 5. The second-order valence-electron chi connectivity index (χ2n) is 12.2. The third kappa shape index (κ3) is 14.7. The molecule has 268 valence electrons. The molecule has 0 aromatic heterocycles. The lowest BCUT2D eigenvalue weighted by Crippen LogP contribution is -2.59. The predicted molar refractivity (Wildman–Crippen MR) is 181 cm³/mol. The van der Waals surface area contributed by atoms with Gasteiger partial charge in [-0.05, 0) is 42.2 Å². The van der Waals surface area contributed by atoms with Crippen molar-refractivity contribution in [3.05, 3.63) is 35.9 Å². The van der Waals surface area contributed by atoms with Crippen LogP contribution < -0.4 is 27.0 Å². The maximum atomic E-state index is 13.7. The number of nitrogens with zero attached hydrogens (tertiary/aromatic N) is 1. The zero-order chi connectivity index (χ0) is 36.6. The van der Waals surface area contributed by atoms with Crippen LogP contribution in [0.1, 0.15) is 52.5 Å². The van der Waals surface area contributed by atoms with Crippen molar-refractivity contribution in [3.8, 4) is 0 Å². The molecule has 16 heteroatoms. The van der Waals surface area contributed by atoms with Crippen LogP contribution in [0.3, 0.4) is 0 Å². The third-order valence-corrected chi connectivity index (χ3v) is 7.94. The van der Waals surface area contributed by atoms with Gasteiger partial charge in [-0.2, -0.15) is 11.8 Å². The van der Waals surface area contributed by atoms with E-state index in [-0.39, 0.29) is 25.2 Å². The number of carboxylic acid groups (broad SMARTS) is 2. The first kappa shape index (κ1) is 41.8. The maximum Gasteiger partial charge on any atom is 0.326 e. The van der Waals surface area contributed by atoms with Gasteiger partial charge in [0, 0.05) is 13.5 Å². The molecular weight excluding hydrogens is 644 g/mol. The molecule has 0 aliphatic rings. The summed E-state index contributed by atoms with van der Waals surface area (Å²) < 4.78 is 0. The number of carboxylic acids is 2. The third-order valence-electron chi connectivity index (χ3n) is 7.30. The van der Waals surface area contributed by atoms with Gasteiger partial charge in [-0.3, -0.25) is 28.8 Å². The maximum absolute atomic E-state index is 13.7. The van der Waals surface area contributed by atoms with E-state index < -0.39 is 90.6 Å². The fourth-order valence-corrected chi connectivity index (χ4v) is 5.38. The van der Waals surface area contributed by atoms with E-state index in [4.69, 9.17) is 10.8 Å². The lowest BCUT2D eigenvalue weighted by molar-refractivity contribution is -0.144. The van der Waals surface area contributed by atoms with Gasteiger partial charge in [0.25, 0.3) is 0 Å². The summed E-state index contributed by atoms with van der Waals surface area (Å²) in [6.45, 7) is 6.53. The molecule has 0 saturated carbocycles. The van der Waals surface area contributed by atoms with Crippen LogP contribution >= 0.6 is 11.8 Å². The van der Waals surface area contributed by atoms with Gasteiger partial charge >= 0.3 is 11.9 Å². The molecule has 0 saturated heterocycles. The summed E-state index contributed by atoms with van der Waals surface area (Å²) in [6, 6.07) is 2.90. The highest BCUT2D eigenvalue weighted by Gasteiger charge is 2.35. The van der Waals surface area contributed by atoms with E-state index >= 15 is 0 Å². The van der Waals surface area contributed by atoms with E-state index in [1.165, 1.54) is 18.8 Å². The Kier molecular flexibility index (Phi) is 18.2. The molecule has 0 bridgehead atoms. The molecule has 8 N–H and O–H groups in total. The normalized spacial score (nSPS) is 14.2. The SMILES string of the molecule is CSCC[C@H](NC(=O)[C@H](CC(C)C)NC(=O)CNC(=O)[C@H](C(C)C)N(C)C(=O)[C@H](Cc1ccccc1)NC(=O)[C@@H](N)CC(=O)O)C(=O)O. The van der Waals surface area contributed by atoms with Crippen molar-refractivity contribution in [2.45, 2.75) is 83.6 Å². The molecule has 1 rings (SSSR count). The molecule has 48 heavy (non-hydrogen) atoms. The highest BCUT2D eigenvalue weighted by atomic mass is 32.2. The molecule has 0 radical (unpaired) electrons. The first-order valence-corrected chi connectivity index (χ1v) is 17.0. The topological polar surface area (TPSA) is 237 Å². The van der Waals surface area contributed by atoms with Crippen LogP contribution in [0.2, 0.25) is 0 Å². The number of amides is 5. The minimum absolute atomic E-state index is 0.0295. The minimum Gasteiger partial charge on any atom is -0.481 e. The Balaban J connectivity index is 3.07. The molecule has 1 aromatic carbocycles. The highest BCUT2D eigenvalue weighted by Crippen LogP contribution is 2.14. The van der Waals surface area contributed by atoms with Gasteiger partial charge in [0.2, 0.25) is 29.5 Å². The number of aliphatic carboxylic acids is 2. The number of benzene rings is 1. The van der Waals surface area contributed by atoms with E-state index in [0.29, 0.717) is 11.3 Å². The van der Waals surface area contributed by atoms with Crippen molar-refractivity contribution in [2.75, 3.05) is 25.6 Å². The van der Waals surface area contributed by atoms with E-state index in [2.05, 4.69) is 21.3 Å². The van der Waals surface area contributed by atoms with Crippen LogP contribution in [0.25, 0.3) is 0 Å².